The number of rotatable bonds is 32. The summed E-state index contributed by atoms with van der Waals surface area (Å²) in [5, 5.41) is 0. The van der Waals surface area contributed by atoms with Gasteiger partial charge in [-0.25, -0.2) is 0 Å². The molecule has 11 nitrogen and oxygen atoms in total. The van der Waals surface area contributed by atoms with Crippen molar-refractivity contribution in [3.05, 3.63) is 12.2 Å². The summed E-state index contributed by atoms with van der Waals surface area (Å²) in [4.78, 5) is 41.7. The fourth-order valence-electron chi connectivity index (χ4n) is 4.64. The summed E-state index contributed by atoms with van der Waals surface area (Å²) in [5.74, 6) is -0.484. The molecule has 0 aromatic rings. The highest BCUT2D eigenvalue weighted by molar-refractivity contribution is 6.12. The lowest BCUT2D eigenvalue weighted by molar-refractivity contribution is -0.137. The molecule has 0 aromatic carbocycles. The average Bonchev–Trinajstić information content (AvgIpc) is 3.35. The number of carbonyl (C=O) groups excluding carboxylic acids is 3. The second-order valence-electron chi connectivity index (χ2n) is 10.9. The van der Waals surface area contributed by atoms with Crippen LogP contribution in [0.4, 0.5) is 0 Å². The highest BCUT2D eigenvalue weighted by atomic mass is 16.5. The largest absolute Gasteiger partial charge is 0.379 e. The Morgan fingerprint density at radius 3 is 1.66 bits per heavy atom. The van der Waals surface area contributed by atoms with Gasteiger partial charge in [0.25, 0.3) is 11.8 Å². The Morgan fingerprint density at radius 2 is 1.11 bits per heavy atom. The second-order valence-corrected chi connectivity index (χ2v) is 10.9. The van der Waals surface area contributed by atoms with Crippen molar-refractivity contribution in [1.29, 1.82) is 0 Å². The molecule has 256 valence electrons. The molecule has 0 fully saturated rings. The smallest absolute Gasteiger partial charge is 0.253 e. The van der Waals surface area contributed by atoms with Crippen LogP contribution in [0.2, 0.25) is 0 Å². The predicted molar refractivity (Wildman–Crippen MR) is 172 cm³/mol. The van der Waals surface area contributed by atoms with Gasteiger partial charge in [-0.05, 0) is 38.8 Å². The lowest BCUT2D eigenvalue weighted by Gasteiger charge is -2.23. The van der Waals surface area contributed by atoms with Gasteiger partial charge in [0.1, 0.15) is 0 Å². The fraction of sp³-hybridized carbons (Fsp3) is 0.848. The molecule has 11 heteroatoms. The fourth-order valence-corrected chi connectivity index (χ4v) is 4.64. The molecule has 3 amide bonds. The van der Waals surface area contributed by atoms with Gasteiger partial charge < -0.3 is 33.5 Å². The van der Waals surface area contributed by atoms with E-state index < -0.39 is 0 Å². The van der Waals surface area contributed by atoms with Crippen molar-refractivity contribution in [2.45, 2.75) is 78.6 Å². The summed E-state index contributed by atoms with van der Waals surface area (Å²) in [6.45, 7) is 16.4. The molecule has 1 rings (SSSR count). The van der Waals surface area contributed by atoms with Crippen LogP contribution in [0.3, 0.4) is 0 Å². The number of imide groups is 1. The molecule has 0 N–H and O–H groups in total. The Kier molecular flexibility index (Phi) is 26.1. The zero-order valence-electron chi connectivity index (χ0n) is 27.9. The molecule has 0 aromatic heterocycles. The van der Waals surface area contributed by atoms with E-state index in [1.165, 1.54) is 42.7 Å². The van der Waals surface area contributed by atoms with E-state index in [9.17, 15) is 14.4 Å². The Bertz CT molecular complexity index is 749. The predicted octanol–water partition coefficient (Wildman–Crippen LogP) is 3.70. The molecule has 0 spiro atoms. The van der Waals surface area contributed by atoms with Crippen molar-refractivity contribution in [2.75, 3.05) is 105 Å². The quantitative estimate of drug-likeness (QED) is 0.0815. The number of likely N-dealkylation sites (N-methyl/N-ethyl adjacent to an activating group) is 1. The van der Waals surface area contributed by atoms with E-state index in [-0.39, 0.29) is 17.7 Å². The third-order valence-electron chi connectivity index (χ3n) is 7.33. The molecule has 0 radical (unpaired) electrons. The molecule has 1 aliphatic heterocycles. The molecular weight excluding hydrogens is 566 g/mol. The van der Waals surface area contributed by atoms with Crippen LogP contribution in [0.5, 0.6) is 0 Å². The Hall–Kier alpha value is -1.89. The van der Waals surface area contributed by atoms with Gasteiger partial charge >= 0.3 is 0 Å². The van der Waals surface area contributed by atoms with E-state index in [4.69, 9.17) is 23.7 Å². The third kappa shape index (κ3) is 21.0. The van der Waals surface area contributed by atoms with Crippen LogP contribution in [-0.4, -0.2) is 138 Å². The van der Waals surface area contributed by atoms with E-state index in [0.29, 0.717) is 91.8 Å². The van der Waals surface area contributed by atoms with E-state index >= 15 is 0 Å². The zero-order chi connectivity index (χ0) is 32.1. The summed E-state index contributed by atoms with van der Waals surface area (Å²) >= 11 is 0. The monoisotopic (exact) mass is 627 g/mol. The van der Waals surface area contributed by atoms with Gasteiger partial charge in [-0.2, -0.15) is 0 Å². The van der Waals surface area contributed by atoms with Gasteiger partial charge in [-0.1, -0.05) is 46.5 Å². The van der Waals surface area contributed by atoms with Crippen molar-refractivity contribution >= 4 is 17.7 Å². The molecule has 0 atom stereocenters. The Balaban J connectivity index is 2.18. The Labute approximate surface area is 266 Å². The molecule has 1 aliphatic rings. The van der Waals surface area contributed by atoms with Gasteiger partial charge in [-0.15, -0.1) is 0 Å². The van der Waals surface area contributed by atoms with Crippen molar-refractivity contribution < 1.29 is 38.1 Å². The number of unbranched alkanes of at least 4 members (excludes halogenated alkanes) is 5. The topological polar surface area (TPSA) is 107 Å². The SMILES string of the molecule is CCCCCCN(CC)CCOCCOCCOCCN(CCOCCOCCC)C(=O)CCCCCN1C(=O)C=CC1=O. The molecule has 0 saturated heterocycles. The summed E-state index contributed by atoms with van der Waals surface area (Å²) in [5.41, 5.74) is 0. The summed E-state index contributed by atoms with van der Waals surface area (Å²) in [6, 6.07) is 0. The van der Waals surface area contributed by atoms with Crippen molar-refractivity contribution in [3.8, 4) is 0 Å². The van der Waals surface area contributed by atoms with Crippen LogP contribution < -0.4 is 0 Å². The number of carbonyl (C=O) groups is 3. The van der Waals surface area contributed by atoms with Crippen LogP contribution in [-0.2, 0) is 38.1 Å². The normalized spacial score (nSPS) is 13.1. The van der Waals surface area contributed by atoms with Crippen LogP contribution in [0.25, 0.3) is 0 Å². The lowest BCUT2D eigenvalue weighted by atomic mass is 10.1. The van der Waals surface area contributed by atoms with Crippen LogP contribution in [0, 0.1) is 0 Å². The van der Waals surface area contributed by atoms with Gasteiger partial charge in [0.05, 0.1) is 59.5 Å². The maximum Gasteiger partial charge on any atom is 0.253 e. The van der Waals surface area contributed by atoms with E-state index in [1.54, 1.807) is 4.90 Å². The summed E-state index contributed by atoms with van der Waals surface area (Å²) < 4.78 is 28.2. The van der Waals surface area contributed by atoms with Crippen molar-refractivity contribution in [1.82, 2.24) is 14.7 Å². The number of nitrogens with zero attached hydrogens (tertiary/aromatic N) is 3. The minimum Gasteiger partial charge on any atom is -0.379 e. The van der Waals surface area contributed by atoms with Crippen molar-refractivity contribution in [2.24, 2.45) is 0 Å². The van der Waals surface area contributed by atoms with Crippen molar-refractivity contribution in [3.63, 3.8) is 0 Å². The van der Waals surface area contributed by atoms with E-state index in [1.807, 2.05) is 0 Å². The molecule has 0 unspecified atom stereocenters. The Morgan fingerprint density at radius 1 is 0.591 bits per heavy atom. The first-order valence-electron chi connectivity index (χ1n) is 17.0. The first-order valence-corrected chi connectivity index (χ1v) is 17.0. The average molecular weight is 628 g/mol. The summed E-state index contributed by atoms with van der Waals surface area (Å²) in [6.07, 6.45) is 11.2. The second kappa shape index (κ2) is 28.6. The van der Waals surface area contributed by atoms with Crippen LogP contribution >= 0.6 is 0 Å². The maximum absolute atomic E-state index is 12.9. The van der Waals surface area contributed by atoms with Gasteiger partial charge in [0, 0.05) is 51.4 Å². The minimum atomic E-state index is -0.265. The summed E-state index contributed by atoms with van der Waals surface area (Å²) in [7, 11) is 0. The lowest BCUT2D eigenvalue weighted by Crippen LogP contribution is -2.37. The minimum absolute atomic E-state index is 0.0467. The van der Waals surface area contributed by atoms with E-state index in [2.05, 4.69) is 25.7 Å². The third-order valence-corrected chi connectivity index (χ3v) is 7.33. The zero-order valence-corrected chi connectivity index (χ0v) is 27.9. The number of amides is 3. The number of hydrogen-bond donors (Lipinski definition) is 0. The molecule has 0 bridgehead atoms. The van der Waals surface area contributed by atoms with Crippen LogP contribution in [0.15, 0.2) is 12.2 Å². The molecule has 0 aliphatic carbocycles. The van der Waals surface area contributed by atoms with Gasteiger partial charge in [0.15, 0.2) is 0 Å². The number of ether oxygens (including phenoxy) is 5. The van der Waals surface area contributed by atoms with Gasteiger partial charge in [-0.3, -0.25) is 19.3 Å². The first kappa shape index (κ1) is 40.1. The molecule has 1 heterocycles. The molecular formula is C33H61N3O8. The maximum atomic E-state index is 12.9. The molecule has 0 saturated carbocycles. The standard InChI is InChI=1S/C33H61N3O8/c1-4-7-8-11-16-34(6-3)18-22-41-27-29-44-30-28-43-24-20-35(19-23-42-26-25-40-21-5-2)31(37)13-10-9-12-17-36-32(38)14-15-33(36)39/h14-15H,4-13,16-30H2,1-3H3. The number of hydrogen-bond acceptors (Lipinski definition) is 9. The highest BCUT2D eigenvalue weighted by Crippen LogP contribution is 2.09. The molecule has 44 heavy (non-hydrogen) atoms. The van der Waals surface area contributed by atoms with E-state index in [0.717, 1.165) is 45.7 Å². The van der Waals surface area contributed by atoms with Crippen LogP contribution in [0.1, 0.15) is 78.6 Å². The highest BCUT2D eigenvalue weighted by Gasteiger charge is 2.22. The van der Waals surface area contributed by atoms with Gasteiger partial charge in [0.2, 0.25) is 5.91 Å². The first-order chi connectivity index (χ1) is 21.5.